The third-order valence-corrected chi connectivity index (χ3v) is 5.08. The zero-order valence-corrected chi connectivity index (χ0v) is 12.3. The lowest BCUT2D eigenvalue weighted by Crippen LogP contribution is -2.47. The molecule has 0 aliphatic carbocycles. The Hall–Kier alpha value is -0.650. The van der Waals surface area contributed by atoms with Crippen LogP contribution in [0.2, 0.25) is 0 Å². The minimum atomic E-state index is -0.107. The summed E-state index contributed by atoms with van der Waals surface area (Å²) in [6.45, 7) is 6.62. The normalized spacial score (nSPS) is 33.0. The number of rotatable bonds is 3. The van der Waals surface area contributed by atoms with E-state index >= 15 is 0 Å². The summed E-state index contributed by atoms with van der Waals surface area (Å²) in [6, 6.07) is -0.107. The molecule has 5 heteroatoms. The van der Waals surface area contributed by atoms with E-state index < -0.39 is 0 Å². The monoisotopic (exact) mass is 281 g/mol. The Balaban J connectivity index is 1.44. The number of nitrogens with zero attached hydrogens (tertiary/aromatic N) is 2. The van der Waals surface area contributed by atoms with Crippen LogP contribution in [0.4, 0.5) is 0 Å². The van der Waals surface area contributed by atoms with Gasteiger partial charge in [-0.05, 0) is 44.7 Å². The first-order valence-corrected chi connectivity index (χ1v) is 8.08. The van der Waals surface area contributed by atoms with E-state index in [-0.39, 0.29) is 17.9 Å². The fourth-order valence-corrected chi connectivity index (χ4v) is 3.73. The van der Waals surface area contributed by atoms with E-state index in [1.807, 2.05) is 4.90 Å². The number of ether oxygens (including phenoxy) is 1. The van der Waals surface area contributed by atoms with Crippen LogP contribution in [0.5, 0.6) is 0 Å². The number of nitrogens with two attached hydrogens (primary N) is 1. The van der Waals surface area contributed by atoms with Crippen LogP contribution in [-0.2, 0) is 9.53 Å². The second-order valence-corrected chi connectivity index (χ2v) is 6.58. The molecule has 0 aromatic rings. The molecule has 2 atom stereocenters. The van der Waals surface area contributed by atoms with Crippen LogP contribution in [0.15, 0.2) is 0 Å². The largest absolute Gasteiger partial charge is 0.379 e. The smallest absolute Gasteiger partial charge is 0.229 e. The summed E-state index contributed by atoms with van der Waals surface area (Å²) in [5.74, 6) is 0.880. The minimum Gasteiger partial charge on any atom is -0.379 e. The molecular formula is C15H27N3O2. The van der Waals surface area contributed by atoms with Crippen molar-refractivity contribution < 1.29 is 9.53 Å². The zero-order chi connectivity index (χ0) is 13.9. The van der Waals surface area contributed by atoms with Crippen molar-refractivity contribution in [3.8, 4) is 0 Å². The Morgan fingerprint density at radius 2 is 1.80 bits per heavy atom. The summed E-state index contributed by atoms with van der Waals surface area (Å²) in [5, 5.41) is 0. The molecule has 20 heavy (non-hydrogen) atoms. The molecule has 3 fully saturated rings. The van der Waals surface area contributed by atoms with Gasteiger partial charge in [0.2, 0.25) is 5.91 Å². The number of carbonyl (C=O) groups excluding carboxylic acids is 1. The van der Waals surface area contributed by atoms with Crippen LogP contribution in [0.3, 0.4) is 0 Å². The van der Waals surface area contributed by atoms with Crippen molar-refractivity contribution in [1.82, 2.24) is 9.80 Å². The van der Waals surface area contributed by atoms with Gasteiger partial charge in [-0.2, -0.15) is 0 Å². The van der Waals surface area contributed by atoms with Crippen molar-refractivity contribution >= 4 is 5.91 Å². The molecule has 0 aromatic carbocycles. The van der Waals surface area contributed by atoms with Gasteiger partial charge in [-0.25, -0.2) is 0 Å². The first-order chi connectivity index (χ1) is 9.74. The van der Waals surface area contributed by atoms with E-state index in [1.165, 1.54) is 32.5 Å². The average molecular weight is 281 g/mol. The van der Waals surface area contributed by atoms with E-state index in [2.05, 4.69) is 4.90 Å². The standard InChI is InChI=1S/C15H27N3O2/c16-14-11-20-10-13(14)15(19)18-7-3-12(4-8-18)9-17-5-1-2-6-17/h12-14H,1-11,16H2. The molecule has 0 radical (unpaired) electrons. The molecule has 1 amide bonds. The topological polar surface area (TPSA) is 58.8 Å². The highest BCUT2D eigenvalue weighted by Crippen LogP contribution is 2.23. The third kappa shape index (κ3) is 3.15. The Kier molecular flexibility index (Phi) is 4.58. The van der Waals surface area contributed by atoms with Crippen molar-refractivity contribution in [2.45, 2.75) is 31.7 Å². The van der Waals surface area contributed by atoms with Crippen molar-refractivity contribution in [3.05, 3.63) is 0 Å². The zero-order valence-electron chi connectivity index (χ0n) is 12.3. The minimum absolute atomic E-state index is 0.106. The molecule has 3 heterocycles. The molecule has 3 rings (SSSR count). The summed E-state index contributed by atoms with van der Waals surface area (Å²) < 4.78 is 5.31. The summed E-state index contributed by atoms with van der Waals surface area (Å²) >= 11 is 0. The summed E-state index contributed by atoms with van der Waals surface area (Å²) in [4.78, 5) is 17.0. The highest BCUT2D eigenvalue weighted by Gasteiger charge is 2.35. The molecule has 3 aliphatic rings. The van der Waals surface area contributed by atoms with Gasteiger partial charge in [-0.3, -0.25) is 4.79 Å². The van der Waals surface area contributed by atoms with Crippen LogP contribution in [0.25, 0.3) is 0 Å². The maximum atomic E-state index is 12.4. The Labute approximate surface area is 121 Å². The lowest BCUT2D eigenvalue weighted by molar-refractivity contribution is -0.137. The van der Waals surface area contributed by atoms with Gasteiger partial charge < -0.3 is 20.3 Å². The van der Waals surface area contributed by atoms with Crippen molar-refractivity contribution in [3.63, 3.8) is 0 Å². The lowest BCUT2D eigenvalue weighted by Gasteiger charge is -2.35. The Morgan fingerprint density at radius 3 is 2.40 bits per heavy atom. The van der Waals surface area contributed by atoms with Crippen molar-refractivity contribution in [1.29, 1.82) is 0 Å². The van der Waals surface area contributed by atoms with Gasteiger partial charge in [0, 0.05) is 25.7 Å². The quantitative estimate of drug-likeness (QED) is 0.808. The lowest BCUT2D eigenvalue weighted by atomic mass is 9.94. The number of amides is 1. The van der Waals surface area contributed by atoms with E-state index in [9.17, 15) is 4.79 Å². The van der Waals surface area contributed by atoms with Crippen LogP contribution >= 0.6 is 0 Å². The predicted molar refractivity (Wildman–Crippen MR) is 77.3 cm³/mol. The predicted octanol–water partition coefficient (Wildman–Crippen LogP) is 0.295. The van der Waals surface area contributed by atoms with Gasteiger partial charge in [0.1, 0.15) is 0 Å². The summed E-state index contributed by atoms with van der Waals surface area (Å²) in [7, 11) is 0. The van der Waals surface area contributed by atoms with Gasteiger partial charge in [0.25, 0.3) is 0 Å². The molecule has 5 nitrogen and oxygen atoms in total. The molecule has 3 aliphatic heterocycles. The molecule has 2 unspecified atom stereocenters. The molecule has 0 bridgehead atoms. The molecule has 114 valence electrons. The summed E-state index contributed by atoms with van der Waals surface area (Å²) in [5.41, 5.74) is 5.94. The molecule has 3 saturated heterocycles. The van der Waals surface area contributed by atoms with Gasteiger partial charge in [0.15, 0.2) is 0 Å². The van der Waals surface area contributed by atoms with Crippen LogP contribution in [0.1, 0.15) is 25.7 Å². The van der Waals surface area contributed by atoms with Crippen LogP contribution in [-0.4, -0.2) is 67.7 Å². The fraction of sp³-hybridized carbons (Fsp3) is 0.933. The molecule has 2 N–H and O–H groups in total. The number of piperidine rings is 1. The first kappa shape index (κ1) is 14.3. The van der Waals surface area contributed by atoms with Gasteiger partial charge in [-0.1, -0.05) is 0 Å². The molecule has 0 spiro atoms. The van der Waals surface area contributed by atoms with E-state index in [0.29, 0.717) is 13.2 Å². The SMILES string of the molecule is NC1COCC1C(=O)N1CCC(CN2CCCC2)CC1. The highest BCUT2D eigenvalue weighted by atomic mass is 16.5. The Bertz CT molecular complexity index is 336. The third-order valence-electron chi connectivity index (χ3n) is 5.08. The van der Waals surface area contributed by atoms with Crippen molar-refractivity contribution in [2.75, 3.05) is 45.9 Å². The molecule has 0 saturated carbocycles. The second-order valence-electron chi connectivity index (χ2n) is 6.58. The van der Waals surface area contributed by atoms with E-state index in [0.717, 1.165) is 31.8 Å². The fourth-order valence-electron chi connectivity index (χ4n) is 3.73. The second kappa shape index (κ2) is 6.41. The number of hydrogen-bond donors (Lipinski definition) is 1. The highest BCUT2D eigenvalue weighted by molar-refractivity contribution is 5.80. The van der Waals surface area contributed by atoms with Gasteiger partial charge >= 0.3 is 0 Å². The maximum Gasteiger partial charge on any atom is 0.229 e. The molecule has 0 aromatic heterocycles. The summed E-state index contributed by atoms with van der Waals surface area (Å²) in [6.07, 6.45) is 5.00. The maximum absolute atomic E-state index is 12.4. The number of hydrogen-bond acceptors (Lipinski definition) is 4. The average Bonchev–Trinajstić information content (AvgIpc) is 3.10. The molecular weight excluding hydrogens is 254 g/mol. The van der Waals surface area contributed by atoms with Crippen LogP contribution < -0.4 is 5.73 Å². The Morgan fingerprint density at radius 1 is 1.10 bits per heavy atom. The van der Waals surface area contributed by atoms with Gasteiger partial charge in [0.05, 0.1) is 19.1 Å². The first-order valence-electron chi connectivity index (χ1n) is 8.08. The number of likely N-dealkylation sites (tertiary alicyclic amines) is 2. The number of carbonyl (C=O) groups is 1. The van der Waals surface area contributed by atoms with Gasteiger partial charge in [-0.15, -0.1) is 0 Å². The van der Waals surface area contributed by atoms with Crippen molar-refractivity contribution in [2.24, 2.45) is 17.6 Å². The van der Waals surface area contributed by atoms with E-state index in [4.69, 9.17) is 10.5 Å². The van der Waals surface area contributed by atoms with E-state index in [1.54, 1.807) is 0 Å². The van der Waals surface area contributed by atoms with Crippen LogP contribution in [0, 0.1) is 11.8 Å².